The molecule has 0 aliphatic carbocycles. The van der Waals surface area contributed by atoms with Crippen molar-refractivity contribution in [2.75, 3.05) is 16.3 Å². The minimum absolute atomic E-state index is 0.0701. The van der Waals surface area contributed by atoms with E-state index in [1.165, 1.54) is 23.8 Å². The Kier molecular flexibility index (Phi) is 6.11. The molecular weight excluding hydrogens is 462 g/mol. The van der Waals surface area contributed by atoms with E-state index in [1.54, 1.807) is 22.0 Å². The lowest BCUT2D eigenvalue weighted by molar-refractivity contribution is -0.116. The number of para-hydroxylation sites is 1. The van der Waals surface area contributed by atoms with Crippen LogP contribution in [0, 0.1) is 0 Å². The van der Waals surface area contributed by atoms with Crippen molar-refractivity contribution in [1.82, 2.24) is 4.98 Å². The number of carbonyl (C=O) groups is 2. The maximum atomic E-state index is 12.8. The number of hydrogen-bond donors (Lipinski definition) is 0. The van der Waals surface area contributed by atoms with Crippen LogP contribution in [0.1, 0.15) is 24.6 Å². The molecule has 3 aromatic rings. The lowest BCUT2D eigenvalue weighted by Gasteiger charge is -2.28. The summed E-state index contributed by atoms with van der Waals surface area (Å²) in [7, 11) is 0. The van der Waals surface area contributed by atoms with Crippen molar-refractivity contribution < 1.29 is 9.59 Å². The molecule has 0 saturated carbocycles. The van der Waals surface area contributed by atoms with Gasteiger partial charge < -0.3 is 4.90 Å². The first-order chi connectivity index (χ1) is 14.5. The molecule has 152 valence electrons. The van der Waals surface area contributed by atoms with Gasteiger partial charge in [-0.25, -0.2) is 4.98 Å². The van der Waals surface area contributed by atoms with Crippen molar-refractivity contribution >= 4 is 61.7 Å². The highest BCUT2D eigenvalue weighted by Crippen LogP contribution is 2.31. The van der Waals surface area contributed by atoms with Crippen LogP contribution in [-0.2, 0) is 16.0 Å². The van der Waals surface area contributed by atoms with E-state index in [4.69, 9.17) is 0 Å². The first-order valence-electron chi connectivity index (χ1n) is 9.62. The number of aryl methyl sites for hydroxylation is 1. The second-order valence-corrected chi connectivity index (χ2v) is 8.70. The summed E-state index contributed by atoms with van der Waals surface area (Å²) >= 11 is 4.87. The van der Waals surface area contributed by atoms with Crippen LogP contribution in [0.15, 0.2) is 64.5 Å². The maximum absolute atomic E-state index is 12.8. The monoisotopic (exact) mass is 481 g/mol. The molecule has 30 heavy (non-hydrogen) atoms. The SMILES string of the molecule is CC(=O)N(c1ccccc1)c1nc(/C=C/C(=O)N2CCCc3cc(Br)ccc32)cs1. The zero-order valence-electron chi connectivity index (χ0n) is 16.4. The van der Waals surface area contributed by atoms with Crippen LogP contribution in [0.25, 0.3) is 6.08 Å². The van der Waals surface area contributed by atoms with Gasteiger partial charge in [-0.05, 0) is 54.8 Å². The fourth-order valence-electron chi connectivity index (χ4n) is 3.50. The number of amides is 2. The molecule has 1 aliphatic heterocycles. The molecular formula is C23H20BrN3O2S. The summed E-state index contributed by atoms with van der Waals surface area (Å²) in [5.41, 5.74) is 3.55. The Morgan fingerprint density at radius 3 is 2.77 bits per heavy atom. The average Bonchev–Trinajstić information content (AvgIpc) is 3.20. The van der Waals surface area contributed by atoms with Crippen molar-refractivity contribution in [3.05, 3.63) is 75.7 Å². The molecule has 0 N–H and O–H groups in total. The molecule has 2 heterocycles. The number of thiazole rings is 1. The van der Waals surface area contributed by atoms with E-state index >= 15 is 0 Å². The molecule has 0 radical (unpaired) electrons. The molecule has 7 heteroatoms. The summed E-state index contributed by atoms with van der Waals surface area (Å²) in [6.07, 6.45) is 5.17. The largest absolute Gasteiger partial charge is 0.309 e. The number of nitrogens with zero attached hydrogens (tertiary/aromatic N) is 3. The topological polar surface area (TPSA) is 53.5 Å². The number of aromatic nitrogens is 1. The molecule has 0 spiro atoms. The smallest absolute Gasteiger partial charge is 0.251 e. The molecule has 4 rings (SSSR count). The number of anilines is 3. The number of fused-ring (bicyclic) bond motifs is 1. The molecule has 0 saturated heterocycles. The molecule has 2 amide bonds. The Labute approximate surface area is 187 Å². The Hall–Kier alpha value is -2.77. The number of rotatable bonds is 4. The highest BCUT2D eigenvalue weighted by Gasteiger charge is 2.21. The summed E-state index contributed by atoms with van der Waals surface area (Å²) < 4.78 is 1.02. The van der Waals surface area contributed by atoms with Crippen LogP contribution < -0.4 is 9.80 Å². The highest BCUT2D eigenvalue weighted by molar-refractivity contribution is 9.10. The molecule has 0 bridgehead atoms. The van der Waals surface area contributed by atoms with Crippen molar-refractivity contribution in [3.8, 4) is 0 Å². The maximum Gasteiger partial charge on any atom is 0.251 e. The van der Waals surface area contributed by atoms with Gasteiger partial charge in [-0.1, -0.05) is 34.1 Å². The van der Waals surface area contributed by atoms with Gasteiger partial charge in [0.05, 0.1) is 11.4 Å². The molecule has 0 fully saturated rings. The van der Waals surface area contributed by atoms with Gasteiger partial charge in [-0.3, -0.25) is 14.5 Å². The molecule has 5 nitrogen and oxygen atoms in total. The second-order valence-electron chi connectivity index (χ2n) is 6.94. The predicted molar refractivity (Wildman–Crippen MR) is 125 cm³/mol. The molecule has 0 atom stereocenters. The summed E-state index contributed by atoms with van der Waals surface area (Å²) in [6, 6.07) is 15.4. The van der Waals surface area contributed by atoms with E-state index in [9.17, 15) is 9.59 Å². The van der Waals surface area contributed by atoms with E-state index in [0.29, 0.717) is 17.4 Å². The highest BCUT2D eigenvalue weighted by atomic mass is 79.9. The number of halogens is 1. The average molecular weight is 482 g/mol. The second kappa shape index (κ2) is 8.93. The zero-order chi connectivity index (χ0) is 21.1. The predicted octanol–water partition coefficient (Wildman–Crippen LogP) is 5.58. The van der Waals surface area contributed by atoms with Crippen molar-refractivity contribution in [3.63, 3.8) is 0 Å². The van der Waals surface area contributed by atoms with Crippen LogP contribution in [0.5, 0.6) is 0 Å². The van der Waals surface area contributed by atoms with Crippen molar-refractivity contribution in [1.29, 1.82) is 0 Å². The minimum Gasteiger partial charge on any atom is -0.309 e. The third-order valence-corrected chi connectivity index (χ3v) is 6.19. The lowest BCUT2D eigenvalue weighted by atomic mass is 10.0. The van der Waals surface area contributed by atoms with Gasteiger partial charge in [0.2, 0.25) is 5.91 Å². The van der Waals surface area contributed by atoms with E-state index in [-0.39, 0.29) is 11.8 Å². The fourth-order valence-corrected chi connectivity index (χ4v) is 4.76. The van der Waals surface area contributed by atoms with Crippen molar-refractivity contribution in [2.45, 2.75) is 19.8 Å². The summed E-state index contributed by atoms with van der Waals surface area (Å²) in [6.45, 7) is 2.21. The van der Waals surface area contributed by atoms with Crippen LogP contribution >= 0.6 is 27.3 Å². The molecule has 0 unspecified atom stereocenters. The minimum atomic E-state index is -0.113. The summed E-state index contributed by atoms with van der Waals surface area (Å²) in [4.78, 5) is 32.9. The third kappa shape index (κ3) is 4.37. The quantitative estimate of drug-likeness (QED) is 0.456. The number of carbonyl (C=O) groups excluding carboxylic acids is 2. The summed E-state index contributed by atoms with van der Waals surface area (Å²) in [5.74, 6) is -0.183. The third-order valence-electron chi connectivity index (χ3n) is 4.85. The molecule has 1 aromatic heterocycles. The van der Waals surface area contributed by atoms with Gasteiger partial charge in [0.1, 0.15) is 0 Å². The molecule has 2 aromatic carbocycles. The van der Waals surface area contributed by atoms with Crippen molar-refractivity contribution in [2.24, 2.45) is 0 Å². The van der Waals surface area contributed by atoms with Crippen LogP contribution in [0.2, 0.25) is 0 Å². The Bertz CT molecular complexity index is 1110. The van der Waals surface area contributed by atoms with Gasteiger partial charge >= 0.3 is 0 Å². The van der Waals surface area contributed by atoms with E-state index in [0.717, 1.165) is 28.7 Å². The van der Waals surface area contributed by atoms with Crippen LogP contribution in [0.3, 0.4) is 0 Å². The summed E-state index contributed by atoms with van der Waals surface area (Å²) in [5, 5.41) is 2.42. The van der Waals surface area contributed by atoms with Gasteiger partial charge in [0.15, 0.2) is 5.13 Å². The van der Waals surface area contributed by atoms with E-state index < -0.39 is 0 Å². The van der Waals surface area contributed by atoms with Crippen LogP contribution in [0.4, 0.5) is 16.5 Å². The van der Waals surface area contributed by atoms with E-state index in [2.05, 4.69) is 27.0 Å². The first-order valence-corrected chi connectivity index (χ1v) is 11.3. The van der Waals surface area contributed by atoms with Gasteiger partial charge in [0.25, 0.3) is 5.91 Å². The standard InChI is InChI=1S/C23H20BrN3O2S/c1-16(28)27(20-7-3-2-4-8-20)23-25-19(15-30-23)10-12-22(29)26-13-5-6-17-14-18(24)9-11-21(17)26/h2-4,7-12,14-15H,5-6,13H2,1H3/b12-10+. The van der Waals surface area contributed by atoms with Gasteiger partial charge in [-0.15, -0.1) is 11.3 Å². The zero-order valence-corrected chi connectivity index (χ0v) is 18.8. The van der Waals surface area contributed by atoms with Crippen LogP contribution in [-0.4, -0.2) is 23.3 Å². The number of benzene rings is 2. The van der Waals surface area contributed by atoms with Gasteiger partial charge in [-0.2, -0.15) is 0 Å². The Balaban J connectivity index is 1.53. The Morgan fingerprint density at radius 2 is 2.00 bits per heavy atom. The Morgan fingerprint density at radius 1 is 1.20 bits per heavy atom. The first kappa shape index (κ1) is 20.5. The van der Waals surface area contributed by atoms with Gasteiger partial charge in [0, 0.05) is 35.1 Å². The normalized spacial score (nSPS) is 13.3. The van der Waals surface area contributed by atoms with E-state index in [1.807, 2.05) is 47.8 Å². The fraction of sp³-hybridized carbons (Fsp3) is 0.174. The molecule has 1 aliphatic rings. The lowest BCUT2D eigenvalue weighted by Crippen LogP contribution is -2.34. The number of hydrogen-bond acceptors (Lipinski definition) is 4.